The number of rotatable bonds is 8. The van der Waals surface area contributed by atoms with E-state index in [2.05, 4.69) is 18.7 Å². The van der Waals surface area contributed by atoms with Crippen LogP contribution in [0, 0.1) is 5.92 Å². The van der Waals surface area contributed by atoms with Crippen LogP contribution in [0.2, 0.25) is 0 Å². The van der Waals surface area contributed by atoms with Crippen LogP contribution in [0.3, 0.4) is 0 Å². The molecule has 0 aliphatic carbocycles. The summed E-state index contributed by atoms with van der Waals surface area (Å²) in [6, 6.07) is 0.675. The summed E-state index contributed by atoms with van der Waals surface area (Å²) in [4.78, 5) is 17.0. The zero-order chi connectivity index (χ0) is 15.8. The van der Waals surface area contributed by atoms with Gasteiger partial charge in [0.05, 0.1) is 0 Å². The molecule has 2 atom stereocenters. The Labute approximate surface area is 131 Å². The molecule has 2 unspecified atom stereocenters. The molecule has 124 valence electrons. The highest BCUT2D eigenvalue weighted by Crippen LogP contribution is 2.19. The van der Waals surface area contributed by atoms with Crippen molar-refractivity contribution in [2.24, 2.45) is 11.7 Å². The Morgan fingerprint density at radius 1 is 1.29 bits per heavy atom. The van der Waals surface area contributed by atoms with Gasteiger partial charge in [-0.25, -0.2) is 0 Å². The SMILES string of the molecule is CCCN1CCC(N(C)C(=O)C(C)CCCC(C)N)CC1. The molecule has 1 fully saturated rings. The average Bonchev–Trinajstić information content (AvgIpc) is 2.46. The van der Waals surface area contributed by atoms with Gasteiger partial charge in [-0.05, 0) is 45.6 Å². The van der Waals surface area contributed by atoms with Crippen molar-refractivity contribution >= 4 is 5.91 Å². The first kappa shape index (κ1) is 18.4. The summed E-state index contributed by atoms with van der Waals surface area (Å²) in [5.41, 5.74) is 5.77. The number of hydrogen-bond donors (Lipinski definition) is 1. The summed E-state index contributed by atoms with van der Waals surface area (Å²) in [7, 11) is 1.99. The minimum absolute atomic E-state index is 0.127. The summed E-state index contributed by atoms with van der Waals surface area (Å²) in [6.07, 6.45) is 6.48. The summed E-state index contributed by atoms with van der Waals surface area (Å²) in [6.45, 7) is 9.78. The third kappa shape index (κ3) is 6.35. The first-order valence-electron chi connectivity index (χ1n) is 8.70. The minimum atomic E-state index is 0.127. The normalized spacial score (nSPS) is 20.2. The third-order valence-electron chi connectivity index (χ3n) is 4.71. The van der Waals surface area contributed by atoms with Gasteiger partial charge in [-0.2, -0.15) is 0 Å². The summed E-state index contributed by atoms with van der Waals surface area (Å²) >= 11 is 0. The summed E-state index contributed by atoms with van der Waals surface area (Å²) < 4.78 is 0. The van der Waals surface area contributed by atoms with E-state index < -0.39 is 0 Å². The zero-order valence-corrected chi connectivity index (χ0v) is 14.5. The average molecular weight is 297 g/mol. The number of nitrogens with two attached hydrogens (primary N) is 1. The molecule has 0 aromatic carbocycles. The zero-order valence-electron chi connectivity index (χ0n) is 14.5. The van der Waals surface area contributed by atoms with Crippen molar-refractivity contribution in [3.63, 3.8) is 0 Å². The fourth-order valence-corrected chi connectivity index (χ4v) is 3.24. The molecule has 4 nitrogen and oxygen atoms in total. The van der Waals surface area contributed by atoms with Crippen LogP contribution in [0.15, 0.2) is 0 Å². The minimum Gasteiger partial charge on any atom is -0.342 e. The molecule has 1 amide bonds. The second kappa shape index (κ2) is 9.42. The van der Waals surface area contributed by atoms with Crippen molar-refractivity contribution in [1.29, 1.82) is 0 Å². The molecule has 0 aromatic heterocycles. The van der Waals surface area contributed by atoms with E-state index in [4.69, 9.17) is 5.73 Å². The highest BCUT2D eigenvalue weighted by Gasteiger charge is 2.27. The Morgan fingerprint density at radius 3 is 2.43 bits per heavy atom. The Kier molecular flexibility index (Phi) is 8.27. The maximum atomic E-state index is 12.5. The Bertz CT molecular complexity index is 298. The molecule has 4 heteroatoms. The highest BCUT2D eigenvalue weighted by molar-refractivity contribution is 5.78. The number of piperidine rings is 1. The van der Waals surface area contributed by atoms with E-state index in [-0.39, 0.29) is 12.0 Å². The molecular formula is C17H35N3O. The molecule has 2 N–H and O–H groups in total. The smallest absolute Gasteiger partial charge is 0.225 e. The van der Waals surface area contributed by atoms with Crippen LogP contribution < -0.4 is 5.73 Å². The van der Waals surface area contributed by atoms with E-state index in [1.54, 1.807) is 0 Å². The van der Waals surface area contributed by atoms with Crippen LogP contribution in [-0.2, 0) is 4.79 Å². The molecule has 1 saturated heterocycles. The van der Waals surface area contributed by atoms with E-state index in [0.717, 1.165) is 45.2 Å². The van der Waals surface area contributed by atoms with Crippen molar-refractivity contribution in [3.05, 3.63) is 0 Å². The molecule has 1 aliphatic heterocycles. The van der Waals surface area contributed by atoms with Crippen LogP contribution in [-0.4, -0.2) is 54.5 Å². The number of hydrogen-bond acceptors (Lipinski definition) is 3. The number of likely N-dealkylation sites (tertiary alicyclic amines) is 1. The second-order valence-corrected chi connectivity index (χ2v) is 6.83. The van der Waals surface area contributed by atoms with Crippen molar-refractivity contribution in [3.8, 4) is 0 Å². The maximum absolute atomic E-state index is 12.5. The van der Waals surface area contributed by atoms with Crippen LogP contribution in [0.4, 0.5) is 0 Å². The van der Waals surface area contributed by atoms with Gasteiger partial charge in [0.2, 0.25) is 5.91 Å². The van der Waals surface area contributed by atoms with Gasteiger partial charge in [-0.15, -0.1) is 0 Å². The van der Waals surface area contributed by atoms with Gasteiger partial charge in [0.1, 0.15) is 0 Å². The Hall–Kier alpha value is -0.610. The molecule has 1 heterocycles. The molecule has 1 rings (SSSR count). The van der Waals surface area contributed by atoms with Gasteiger partial charge in [-0.3, -0.25) is 4.79 Å². The predicted molar refractivity (Wildman–Crippen MR) is 89.2 cm³/mol. The van der Waals surface area contributed by atoms with E-state index in [1.807, 2.05) is 18.9 Å². The monoisotopic (exact) mass is 297 g/mol. The molecule has 0 saturated carbocycles. The highest BCUT2D eigenvalue weighted by atomic mass is 16.2. The van der Waals surface area contributed by atoms with E-state index in [9.17, 15) is 4.79 Å². The van der Waals surface area contributed by atoms with Crippen LogP contribution in [0.1, 0.15) is 59.3 Å². The molecule has 1 aliphatic rings. The lowest BCUT2D eigenvalue weighted by Crippen LogP contribution is -2.47. The van der Waals surface area contributed by atoms with Gasteiger partial charge in [-0.1, -0.05) is 20.3 Å². The summed E-state index contributed by atoms with van der Waals surface area (Å²) in [5, 5.41) is 0. The van der Waals surface area contributed by atoms with Gasteiger partial charge >= 0.3 is 0 Å². The maximum Gasteiger partial charge on any atom is 0.225 e. The van der Waals surface area contributed by atoms with Crippen molar-refractivity contribution in [2.45, 2.75) is 71.4 Å². The van der Waals surface area contributed by atoms with Gasteiger partial charge in [0.15, 0.2) is 0 Å². The molecule has 0 radical (unpaired) electrons. The first-order valence-corrected chi connectivity index (χ1v) is 8.70. The fraction of sp³-hybridized carbons (Fsp3) is 0.941. The fourth-order valence-electron chi connectivity index (χ4n) is 3.24. The molecule has 21 heavy (non-hydrogen) atoms. The molecule has 0 bridgehead atoms. The van der Waals surface area contributed by atoms with Gasteiger partial charge in [0, 0.05) is 38.1 Å². The molecule has 0 spiro atoms. The third-order valence-corrected chi connectivity index (χ3v) is 4.71. The molecule has 0 aromatic rings. The van der Waals surface area contributed by atoms with Crippen molar-refractivity contribution in [2.75, 3.05) is 26.7 Å². The van der Waals surface area contributed by atoms with Crippen LogP contribution in [0.25, 0.3) is 0 Å². The topological polar surface area (TPSA) is 49.6 Å². The van der Waals surface area contributed by atoms with Crippen LogP contribution >= 0.6 is 0 Å². The Morgan fingerprint density at radius 2 is 1.90 bits per heavy atom. The second-order valence-electron chi connectivity index (χ2n) is 6.83. The standard InChI is InChI=1S/C17H35N3O/c1-5-11-20-12-9-16(10-13-20)19(4)17(21)14(2)7-6-8-15(3)18/h14-16H,5-13,18H2,1-4H3. The number of nitrogens with zero attached hydrogens (tertiary/aromatic N) is 2. The Balaban J connectivity index is 2.33. The van der Waals surface area contributed by atoms with Crippen LogP contribution in [0.5, 0.6) is 0 Å². The first-order chi connectivity index (χ1) is 9.95. The van der Waals surface area contributed by atoms with Gasteiger partial charge < -0.3 is 15.5 Å². The lowest BCUT2D eigenvalue weighted by molar-refractivity contribution is -0.136. The van der Waals surface area contributed by atoms with Crippen molar-refractivity contribution < 1.29 is 4.79 Å². The number of carbonyl (C=O) groups is 1. The predicted octanol–water partition coefficient (Wildman–Crippen LogP) is 2.47. The quantitative estimate of drug-likeness (QED) is 0.749. The van der Waals surface area contributed by atoms with Gasteiger partial charge in [0.25, 0.3) is 0 Å². The van der Waals surface area contributed by atoms with Crippen molar-refractivity contribution in [1.82, 2.24) is 9.80 Å². The van der Waals surface area contributed by atoms with E-state index >= 15 is 0 Å². The lowest BCUT2D eigenvalue weighted by Gasteiger charge is -2.37. The van der Waals surface area contributed by atoms with E-state index in [1.165, 1.54) is 13.0 Å². The number of amides is 1. The summed E-state index contributed by atoms with van der Waals surface area (Å²) in [5.74, 6) is 0.441. The van der Waals surface area contributed by atoms with E-state index in [0.29, 0.717) is 11.9 Å². The largest absolute Gasteiger partial charge is 0.342 e. The molecular weight excluding hydrogens is 262 g/mol. The lowest BCUT2D eigenvalue weighted by atomic mass is 9.98. The number of carbonyl (C=O) groups excluding carboxylic acids is 1.